The molecular weight excluding hydrogens is 186 g/mol. The molecule has 72 valence electrons. The maximum Gasteiger partial charge on any atom is 0.142 e. The number of hydrogen-bond acceptors (Lipinski definition) is 2. The molecule has 1 rings (SSSR count). The van der Waals surface area contributed by atoms with Crippen LogP contribution >= 0.6 is 11.6 Å². The van der Waals surface area contributed by atoms with Gasteiger partial charge in [0, 0.05) is 14.1 Å². The summed E-state index contributed by atoms with van der Waals surface area (Å²) < 4.78 is 5.21. The standard InChI is InChI=1S/C10H14ClNO/c1-7-5-6-8(12(2)3)9(11)10(7)13-4/h5-6H,1-4H3. The van der Waals surface area contributed by atoms with Crippen LogP contribution in [-0.2, 0) is 0 Å². The first-order valence-corrected chi connectivity index (χ1v) is 4.46. The Balaban J connectivity index is 3.27. The summed E-state index contributed by atoms with van der Waals surface area (Å²) in [6.07, 6.45) is 0. The molecule has 0 saturated carbocycles. The van der Waals surface area contributed by atoms with Gasteiger partial charge < -0.3 is 9.64 Å². The zero-order valence-electron chi connectivity index (χ0n) is 8.39. The van der Waals surface area contributed by atoms with Gasteiger partial charge >= 0.3 is 0 Å². The molecule has 0 aromatic heterocycles. The first kappa shape index (κ1) is 10.2. The molecule has 0 amide bonds. The third kappa shape index (κ3) is 1.89. The number of ether oxygens (including phenoxy) is 1. The summed E-state index contributed by atoms with van der Waals surface area (Å²) in [6.45, 7) is 1.98. The van der Waals surface area contributed by atoms with E-state index in [0.717, 1.165) is 17.0 Å². The second-order valence-electron chi connectivity index (χ2n) is 3.14. The number of halogens is 1. The highest BCUT2D eigenvalue weighted by molar-refractivity contribution is 6.34. The van der Waals surface area contributed by atoms with Crippen LogP contribution in [0.3, 0.4) is 0 Å². The van der Waals surface area contributed by atoms with E-state index in [-0.39, 0.29) is 0 Å². The Morgan fingerprint density at radius 1 is 1.31 bits per heavy atom. The lowest BCUT2D eigenvalue weighted by molar-refractivity contribution is 0.412. The molecule has 0 saturated heterocycles. The quantitative estimate of drug-likeness (QED) is 0.726. The maximum absolute atomic E-state index is 6.14. The fourth-order valence-electron chi connectivity index (χ4n) is 1.24. The predicted octanol–water partition coefficient (Wildman–Crippen LogP) is 2.72. The van der Waals surface area contributed by atoms with Crippen LogP contribution in [0.5, 0.6) is 5.75 Å². The first-order valence-electron chi connectivity index (χ1n) is 4.08. The third-order valence-electron chi connectivity index (χ3n) is 1.96. The van der Waals surface area contributed by atoms with Crippen LogP contribution in [0.25, 0.3) is 0 Å². The van der Waals surface area contributed by atoms with E-state index in [2.05, 4.69) is 0 Å². The van der Waals surface area contributed by atoms with E-state index in [9.17, 15) is 0 Å². The summed E-state index contributed by atoms with van der Waals surface area (Å²) in [5, 5.41) is 0.674. The molecule has 0 unspecified atom stereocenters. The van der Waals surface area contributed by atoms with E-state index in [1.54, 1.807) is 7.11 Å². The molecule has 13 heavy (non-hydrogen) atoms. The van der Waals surface area contributed by atoms with Gasteiger partial charge in [0.2, 0.25) is 0 Å². The number of rotatable bonds is 2. The largest absolute Gasteiger partial charge is 0.495 e. The van der Waals surface area contributed by atoms with Crippen LogP contribution in [0.4, 0.5) is 5.69 Å². The summed E-state index contributed by atoms with van der Waals surface area (Å²) >= 11 is 6.14. The minimum atomic E-state index is 0.674. The monoisotopic (exact) mass is 199 g/mol. The van der Waals surface area contributed by atoms with E-state index < -0.39 is 0 Å². The molecule has 0 atom stereocenters. The second kappa shape index (κ2) is 3.88. The molecule has 3 heteroatoms. The van der Waals surface area contributed by atoms with Gasteiger partial charge in [-0.15, -0.1) is 0 Å². The van der Waals surface area contributed by atoms with E-state index in [0.29, 0.717) is 5.02 Å². The summed E-state index contributed by atoms with van der Waals surface area (Å²) in [4.78, 5) is 1.96. The van der Waals surface area contributed by atoms with Gasteiger partial charge in [0.25, 0.3) is 0 Å². The van der Waals surface area contributed by atoms with Gasteiger partial charge in [0.1, 0.15) is 10.8 Å². The van der Waals surface area contributed by atoms with E-state index in [1.165, 1.54) is 0 Å². The lowest BCUT2D eigenvalue weighted by atomic mass is 10.2. The summed E-state index contributed by atoms with van der Waals surface area (Å²) in [5.74, 6) is 0.757. The Hall–Kier alpha value is -0.890. The van der Waals surface area contributed by atoms with Crippen LogP contribution in [0.15, 0.2) is 12.1 Å². The number of methoxy groups -OCH3 is 1. The fourth-order valence-corrected chi connectivity index (χ4v) is 1.70. The maximum atomic E-state index is 6.14. The Kier molecular flexibility index (Phi) is 3.04. The van der Waals surface area contributed by atoms with Crippen molar-refractivity contribution in [2.75, 3.05) is 26.1 Å². The highest BCUT2D eigenvalue weighted by Crippen LogP contribution is 2.35. The van der Waals surface area contributed by atoms with Crippen LogP contribution < -0.4 is 9.64 Å². The molecule has 0 bridgehead atoms. The molecule has 0 N–H and O–H groups in total. The minimum Gasteiger partial charge on any atom is -0.495 e. The van der Waals surface area contributed by atoms with Crippen LogP contribution in [0.2, 0.25) is 5.02 Å². The molecule has 1 aromatic carbocycles. The lowest BCUT2D eigenvalue weighted by Gasteiger charge is -2.17. The van der Waals surface area contributed by atoms with Gasteiger partial charge in [-0.2, -0.15) is 0 Å². The van der Waals surface area contributed by atoms with Gasteiger partial charge in [-0.1, -0.05) is 17.7 Å². The Morgan fingerprint density at radius 2 is 1.92 bits per heavy atom. The van der Waals surface area contributed by atoms with Gasteiger partial charge in [0.05, 0.1) is 12.8 Å². The number of nitrogens with zero attached hydrogens (tertiary/aromatic N) is 1. The van der Waals surface area contributed by atoms with Crippen molar-refractivity contribution in [3.05, 3.63) is 22.7 Å². The number of aryl methyl sites for hydroxylation is 1. The first-order chi connectivity index (χ1) is 6.07. The van der Waals surface area contributed by atoms with E-state index >= 15 is 0 Å². The van der Waals surface area contributed by atoms with Crippen molar-refractivity contribution in [1.82, 2.24) is 0 Å². The summed E-state index contributed by atoms with van der Waals surface area (Å²) in [6, 6.07) is 3.99. The topological polar surface area (TPSA) is 12.5 Å². The smallest absolute Gasteiger partial charge is 0.142 e. The summed E-state index contributed by atoms with van der Waals surface area (Å²) in [5.41, 5.74) is 2.03. The van der Waals surface area contributed by atoms with Gasteiger partial charge in [0.15, 0.2) is 0 Å². The normalized spacial score (nSPS) is 9.92. The van der Waals surface area contributed by atoms with Crippen LogP contribution in [0, 0.1) is 6.92 Å². The van der Waals surface area contributed by atoms with Crippen molar-refractivity contribution >= 4 is 17.3 Å². The average molecular weight is 200 g/mol. The van der Waals surface area contributed by atoms with E-state index in [1.807, 2.05) is 38.1 Å². The number of hydrogen-bond donors (Lipinski definition) is 0. The predicted molar refractivity (Wildman–Crippen MR) is 57.1 cm³/mol. The third-order valence-corrected chi connectivity index (χ3v) is 2.32. The molecule has 0 aliphatic carbocycles. The van der Waals surface area contributed by atoms with Gasteiger partial charge in [-0.3, -0.25) is 0 Å². The molecule has 0 aliphatic rings. The Bertz CT molecular complexity index is 310. The fraction of sp³-hybridized carbons (Fsp3) is 0.400. The van der Waals surface area contributed by atoms with Crippen LogP contribution in [-0.4, -0.2) is 21.2 Å². The Morgan fingerprint density at radius 3 is 2.38 bits per heavy atom. The lowest BCUT2D eigenvalue weighted by Crippen LogP contribution is -2.09. The second-order valence-corrected chi connectivity index (χ2v) is 3.52. The zero-order valence-corrected chi connectivity index (χ0v) is 9.14. The highest BCUT2D eigenvalue weighted by Gasteiger charge is 2.10. The number of anilines is 1. The van der Waals surface area contributed by atoms with Crippen molar-refractivity contribution in [2.45, 2.75) is 6.92 Å². The highest BCUT2D eigenvalue weighted by atomic mass is 35.5. The van der Waals surface area contributed by atoms with Crippen molar-refractivity contribution in [3.8, 4) is 5.75 Å². The van der Waals surface area contributed by atoms with Crippen molar-refractivity contribution in [1.29, 1.82) is 0 Å². The summed E-state index contributed by atoms with van der Waals surface area (Å²) in [7, 11) is 5.54. The average Bonchev–Trinajstić information content (AvgIpc) is 2.04. The Labute approximate surface area is 84.1 Å². The SMILES string of the molecule is COc1c(C)ccc(N(C)C)c1Cl. The molecule has 0 aliphatic heterocycles. The molecular formula is C10H14ClNO. The zero-order chi connectivity index (χ0) is 10.0. The van der Waals surface area contributed by atoms with Crippen molar-refractivity contribution in [2.24, 2.45) is 0 Å². The molecule has 0 fully saturated rings. The van der Waals surface area contributed by atoms with Gasteiger partial charge in [-0.25, -0.2) is 0 Å². The van der Waals surface area contributed by atoms with Gasteiger partial charge in [-0.05, 0) is 18.6 Å². The number of benzene rings is 1. The molecule has 0 spiro atoms. The molecule has 2 nitrogen and oxygen atoms in total. The van der Waals surface area contributed by atoms with Crippen LogP contribution in [0.1, 0.15) is 5.56 Å². The molecule has 0 radical (unpaired) electrons. The van der Waals surface area contributed by atoms with E-state index in [4.69, 9.17) is 16.3 Å². The molecule has 0 heterocycles. The van der Waals surface area contributed by atoms with Crippen molar-refractivity contribution in [3.63, 3.8) is 0 Å². The van der Waals surface area contributed by atoms with Crippen molar-refractivity contribution < 1.29 is 4.74 Å². The minimum absolute atomic E-state index is 0.674. The molecule has 1 aromatic rings.